The standard InChI is InChI=1S/C7H8N2S2/c8-9-7-3-1-6(2-4-7)5-11-10/h1-4,8,10H,5H2. The van der Waals surface area contributed by atoms with E-state index in [0.717, 1.165) is 5.75 Å². The summed E-state index contributed by atoms with van der Waals surface area (Å²) in [5, 5.41) is 3.30. The molecule has 0 aliphatic carbocycles. The maximum absolute atomic E-state index is 6.72. The van der Waals surface area contributed by atoms with Gasteiger partial charge in [-0.1, -0.05) is 22.9 Å². The van der Waals surface area contributed by atoms with Crippen LogP contribution in [-0.2, 0) is 5.75 Å². The Hall–Kier alpha value is -0.480. The van der Waals surface area contributed by atoms with Gasteiger partial charge in [0.25, 0.3) is 0 Å². The predicted molar refractivity (Wildman–Crippen MR) is 51.5 cm³/mol. The van der Waals surface area contributed by atoms with Crippen molar-refractivity contribution in [2.24, 2.45) is 5.11 Å². The minimum Gasteiger partial charge on any atom is -0.204 e. The maximum Gasteiger partial charge on any atom is 0.0850 e. The third-order valence-corrected chi connectivity index (χ3v) is 2.15. The zero-order valence-electron chi connectivity index (χ0n) is 5.82. The van der Waals surface area contributed by atoms with Gasteiger partial charge in [0.2, 0.25) is 0 Å². The molecule has 0 saturated carbocycles. The molecular weight excluding hydrogens is 176 g/mol. The number of nitrogens with zero attached hydrogens (tertiary/aromatic N) is 1. The van der Waals surface area contributed by atoms with Gasteiger partial charge in [-0.3, -0.25) is 0 Å². The van der Waals surface area contributed by atoms with Gasteiger partial charge in [0.05, 0.1) is 5.69 Å². The van der Waals surface area contributed by atoms with Crippen LogP contribution in [0.5, 0.6) is 0 Å². The van der Waals surface area contributed by atoms with Gasteiger partial charge in [0.1, 0.15) is 0 Å². The molecule has 0 bridgehead atoms. The van der Waals surface area contributed by atoms with Crippen molar-refractivity contribution in [3.8, 4) is 0 Å². The van der Waals surface area contributed by atoms with E-state index in [9.17, 15) is 0 Å². The van der Waals surface area contributed by atoms with Crippen molar-refractivity contribution >= 4 is 28.1 Å². The van der Waals surface area contributed by atoms with Crippen LogP contribution in [0.4, 0.5) is 5.69 Å². The maximum atomic E-state index is 6.72. The number of benzene rings is 1. The van der Waals surface area contributed by atoms with Crippen molar-refractivity contribution < 1.29 is 0 Å². The molecule has 1 N–H and O–H groups in total. The summed E-state index contributed by atoms with van der Waals surface area (Å²) in [6.45, 7) is 0. The average molecular weight is 184 g/mol. The fraction of sp³-hybridized carbons (Fsp3) is 0.143. The van der Waals surface area contributed by atoms with Gasteiger partial charge in [-0.15, -0.1) is 11.7 Å². The summed E-state index contributed by atoms with van der Waals surface area (Å²) in [7, 11) is 1.49. The van der Waals surface area contributed by atoms with Crippen LogP contribution in [0.15, 0.2) is 29.4 Å². The van der Waals surface area contributed by atoms with E-state index >= 15 is 0 Å². The summed E-state index contributed by atoms with van der Waals surface area (Å²) in [4.78, 5) is 0. The molecule has 4 heteroatoms. The number of hydrogen-bond acceptors (Lipinski definition) is 4. The highest BCUT2D eigenvalue weighted by molar-refractivity contribution is 8.68. The second-order valence-electron chi connectivity index (χ2n) is 2.05. The van der Waals surface area contributed by atoms with E-state index < -0.39 is 0 Å². The van der Waals surface area contributed by atoms with E-state index in [2.05, 4.69) is 16.8 Å². The van der Waals surface area contributed by atoms with Crippen molar-refractivity contribution in [1.29, 1.82) is 5.53 Å². The van der Waals surface area contributed by atoms with E-state index in [4.69, 9.17) is 5.53 Å². The van der Waals surface area contributed by atoms with E-state index in [-0.39, 0.29) is 0 Å². The molecule has 11 heavy (non-hydrogen) atoms. The van der Waals surface area contributed by atoms with Crippen LogP contribution in [0.25, 0.3) is 0 Å². The van der Waals surface area contributed by atoms with Gasteiger partial charge in [0.15, 0.2) is 0 Å². The molecule has 0 aliphatic rings. The second kappa shape index (κ2) is 4.41. The van der Waals surface area contributed by atoms with Gasteiger partial charge in [-0.2, -0.15) is 5.11 Å². The molecule has 0 fully saturated rings. The normalized spacial score (nSPS) is 9.55. The molecule has 0 amide bonds. The van der Waals surface area contributed by atoms with Crippen molar-refractivity contribution in [3.63, 3.8) is 0 Å². The summed E-state index contributed by atoms with van der Waals surface area (Å²) >= 11 is 4.04. The van der Waals surface area contributed by atoms with Crippen LogP contribution >= 0.6 is 22.5 Å². The van der Waals surface area contributed by atoms with Crippen LogP contribution in [0, 0.1) is 5.53 Å². The Bertz CT molecular complexity index is 233. The minimum atomic E-state index is 0.693. The first kappa shape index (κ1) is 8.62. The molecule has 58 valence electrons. The lowest BCUT2D eigenvalue weighted by Gasteiger charge is -1.96. The lowest BCUT2D eigenvalue weighted by molar-refractivity contribution is 1.14. The lowest BCUT2D eigenvalue weighted by Crippen LogP contribution is -1.74. The summed E-state index contributed by atoms with van der Waals surface area (Å²) in [6.07, 6.45) is 0. The van der Waals surface area contributed by atoms with Crippen LogP contribution < -0.4 is 0 Å². The second-order valence-corrected chi connectivity index (χ2v) is 3.37. The highest BCUT2D eigenvalue weighted by Gasteiger charge is 1.91. The van der Waals surface area contributed by atoms with E-state index in [1.54, 1.807) is 0 Å². The molecule has 0 unspecified atom stereocenters. The minimum absolute atomic E-state index is 0.693. The highest BCUT2D eigenvalue weighted by atomic mass is 33.1. The van der Waals surface area contributed by atoms with Crippen molar-refractivity contribution in [1.82, 2.24) is 0 Å². The molecule has 0 aromatic heterocycles. The van der Waals surface area contributed by atoms with Gasteiger partial charge in [-0.25, -0.2) is 5.53 Å². The number of nitrogens with one attached hydrogen (secondary N) is 1. The molecule has 0 spiro atoms. The number of thiol groups is 1. The molecule has 1 aromatic rings. The summed E-state index contributed by atoms with van der Waals surface area (Å²) in [5.41, 5.74) is 8.62. The van der Waals surface area contributed by atoms with E-state index in [0.29, 0.717) is 5.69 Å². The highest BCUT2D eigenvalue weighted by Crippen LogP contribution is 2.18. The van der Waals surface area contributed by atoms with Crippen LogP contribution in [0.2, 0.25) is 0 Å². The number of hydrogen-bond donors (Lipinski definition) is 2. The fourth-order valence-electron chi connectivity index (χ4n) is 0.741. The Morgan fingerprint density at radius 1 is 1.36 bits per heavy atom. The van der Waals surface area contributed by atoms with Gasteiger partial charge in [0, 0.05) is 5.75 Å². The SMILES string of the molecule is N=Nc1ccc(CSS)cc1. The Morgan fingerprint density at radius 3 is 2.45 bits per heavy atom. The molecule has 2 nitrogen and oxygen atoms in total. The van der Waals surface area contributed by atoms with Crippen molar-refractivity contribution in [3.05, 3.63) is 29.8 Å². The molecule has 0 atom stereocenters. The molecular formula is C7H8N2S2. The molecule has 0 aliphatic heterocycles. The summed E-state index contributed by atoms with van der Waals surface area (Å²) < 4.78 is 0. The van der Waals surface area contributed by atoms with Crippen molar-refractivity contribution in [2.45, 2.75) is 5.75 Å². The Balaban J connectivity index is 2.74. The molecule has 1 aromatic carbocycles. The first-order chi connectivity index (χ1) is 5.36. The summed E-state index contributed by atoms with van der Waals surface area (Å²) in [5.74, 6) is 0.890. The molecule has 1 rings (SSSR count). The average Bonchev–Trinajstić information content (AvgIpc) is 2.07. The van der Waals surface area contributed by atoms with E-state index in [1.807, 2.05) is 24.3 Å². The number of rotatable bonds is 3. The summed E-state index contributed by atoms with van der Waals surface area (Å²) in [6, 6.07) is 7.56. The topological polar surface area (TPSA) is 36.2 Å². The first-order valence-corrected chi connectivity index (χ1v) is 5.13. The van der Waals surface area contributed by atoms with Crippen LogP contribution in [0.1, 0.15) is 5.56 Å². The Morgan fingerprint density at radius 2 is 2.00 bits per heavy atom. The lowest BCUT2D eigenvalue weighted by atomic mass is 10.2. The Kier molecular flexibility index (Phi) is 3.45. The third-order valence-electron chi connectivity index (χ3n) is 1.30. The predicted octanol–water partition coefficient (Wildman–Crippen LogP) is 3.43. The Labute approximate surface area is 74.7 Å². The van der Waals surface area contributed by atoms with Crippen LogP contribution in [-0.4, -0.2) is 0 Å². The van der Waals surface area contributed by atoms with Crippen molar-refractivity contribution in [2.75, 3.05) is 0 Å². The van der Waals surface area contributed by atoms with E-state index in [1.165, 1.54) is 16.4 Å². The third kappa shape index (κ3) is 2.55. The molecule has 0 saturated heterocycles. The molecule has 0 heterocycles. The van der Waals surface area contributed by atoms with Crippen LogP contribution in [0.3, 0.4) is 0 Å². The smallest absolute Gasteiger partial charge is 0.0850 e. The quantitative estimate of drug-likeness (QED) is 0.421. The first-order valence-electron chi connectivity index (χ1n) is 3.09. The zero-order chi connectivity index (χ0) is 8.10. The fourth-order valence-corrected chi connectivity index (χ4v) is 1.53. The zero-order valence-corrected chi connectivity index (χ0v) is 7.53. The molecule has 0 radical (unpaired) electrons. The monoisotopic (exact) mass is 184 g/mol. The van der Waals surface area contributed by atoms with Gasteiger partial charge >= 0.3 is 0 Å². The van der Waals surface area contributed by atoms with Gasteiger partial charge < -0.3 is 0 Å². The largest absolute Gasteiger partial charge is 0.204 e. The van der Waals surface area contributed by atoms with Gasteiger partial charge in [-0.05, 0) is 17.7 Å².